The van der Waals surface area contributed by atoms with Crippen molar-refractivity contribution in [2.24, 2.45) is 0 Å². The average molecular weight is 267 g/mol. The van der Waals surface area contributed by atoms with Crippen molar-refractivity contribution < 1.29 is 12.8 Å². The van der Waals surface area contributed by atoms with Crippen LogP contribution in [0.3, 0.4) is 0 Å². The lowest BCUT2D eigenvalue weighted by molar-refractivity contribution is 0.578. The van der Waals surface area contributed by atoms with Gasteiger partial charge in [-0.25, -0.2) is 17.5 Å². The van der Waals surface area contributed by atoms with Gasteiger partial charge in [-0.3, -0.25) is 0 Å². The molecule has 0 aliphatic carbocycles. The van der Waals surface area contributed by atoms with Crippen LogP contribution in [0.4, 0.5) is 4.39 Å². The maximum absolute atomic E-state index is 13.0. The fourth-order valence-corrected chi connectivity index (χ4v) is 2.31. The molecule has 1 N–H and O–H groups in total. The topological polar surface area (TPSA) is 93.8 Å². The van der Waals surface area contributed by atoms with E-state index in [1.165, 1.54) is 0 Å². The fraction of sp³-hybridized carbons (Fsp3) is 0.273. The van der Waals surface area contributed by atoms with Gasteiger partial charge in [0.05, 0.1) is 16.5 Å². The first-order valence-corrected chi connectivity index (χ1v) is 6.56. The summed E-state index contributed by atoms with van der Waals surface area (Å²) >= 11 is 0. The Morgan fingerprint density at radius 2 is 2.06 bits per heavy atom. The predicted octanol–water partition coefficient (Wildman–Crippen LogP) is 1.28. The van der Waals surface area contributed by atoms with E-state index in [-0.39, 0.29) is 23.4 Å². The zero-order valence-electron chi connectivity index (χ0n) is 9.35. The number of unbranched alkanes of at least 4 members (excludes halogenated alkanes) is 1. The highest BCUT2D eigenvalue weighted by molar-refractivity contribution is 7.89. The molecule has 1 aromatic carbocycles. The highest BCUT2D eigenvalue weighted by Gasteiger charge is 2.15. The van der Waals surface area contributed by atoms with Crippen LogP contribution in [0.1, 0.15) is 18.4 Å². The minimum absolute atomic E-state index is 0.120. The lowest BCUT2D eigenvalue weighted by Crippen LogP contribution is -2.24. The maximum atomic E-state index is 13.0. The number of hydrogen-bond acceptors (Lipinski definition) is 4. The Morgan fingerprint density at radius 1 is 1.33 bits per heavy atom. The van der Waals surface area contributed by atoms with Crippen LogP contribution in [0.5, 0.6) is 0 Å². The van der Waals surface area contributed by atoms with Gasteiger partial charge in [0.2, 0.25) is 10.0 Å². The Hall–Kier alpha value is -1.96. The summed E-state index contributed by atoms with van der Waals surface area (Å²) < 4.78 is 38.8. The number of hydrogen-bond donors (Lipinski definition) is 1. The van der Waals surface area contributed by atoms with E-state index in [4.69, 9.17) is 10.5 Å². The van der Waals surface area contributed by atoms with Gasteiger partial charge < -0.3 is 0 Å². The summed E-state index contributed by atoms with van der Waals surface area (Å²) in [6.07, 6.45) is 0.636. The second kappa shape index (κ2) is 6.10. The minimum atomic E-state index is -3.77. The van der Waals surface area contributed by atoms with E-state index < -0.39 is 15.8 Å². The molecule has 7 heteroatoms. The molecule has 0 amide bonds. The molecular formula is C11H10FN3O2S. The molecule has 1 rings (SSSR count). The van der Waals surface area contributed by atoms with Crippen LogP contribution >= 0.6 is 0 Å². The van der Waals surface area contributed by atoms with Gasteiger partial charge in [-0.1, -0.05) is 0 Å². The van der Waals surface area contributed by atoms with E-state index in [0.29, 0.717) is 6.42 Å². The maximum Gasteiger partial charge on any atom is 0.240 e. The predicted molar refractivity (Wildman–Crippen MR) is 61.2 cm³/mol. The molecule has 0 saturated heterocycles. The zero-order chi connectivity index (χ0) is 13.6. The summed E-state index contributed by atoms with van der Waals surface area (Å²) in [5.41, 5.74) is -0.324. The Balaban J connectivity index is 2.86. The van der Waals surface area contributed by atoms with Crippen molar-refractivity contribution in [3.63, 3.8) is 0 Å². The summed E-state index contributed by atoms with van der Waals surface area (Å²) in [7, 11) is -3.77. The smallest absolute Gasteiger partial charge is 0.211 e. The molecule has 5 nitrogen and oxygen atoms in total. The number of rotatable bonds is 5. The van der Waals surface area contributed by atoms with Crippen LogP contribution in [0.2, 0.25) is 0 Å². The molecule has 0 unspecified atom stereocenters. The SMILES string of the molecule is N#CCCCNS(=O)(=O)c1ccc(F)c(C#N)c1. The second-order valence-electron chi connectivity index (χ2n) is 3.41. The number of nitrogens with zero attached hydrogens (tertiary/aromatic N) is 2. The third kappa shape index (κ3) is 3.52. The minimum Gasteiger partial charge on any atom is -0.211 e. The summed E-state index contributed by atoms with van der Waals surface area (Å²) in [4.78, 5) is -0.169. The average Bonchev–Trinajstić information content (AvgIpc) is 2.35. The van der Waals surface area contributed by atoms with Gasteiger partial charge in [0.25, 0.3) is 0 Å². The van der Waals surface area contributed by atoms with Crippen LogP contribution in [0.25, 0.3) is 0 Å². The van der Waals surface area contributed by atoms with Crippen molar-refractivity contribution in [3.8, 4) is 12.1 Å². The van der Waals surface area contributed by atoms with Crippen LogP contribution < -0.4 is 4.72 Å². The van der Waals surface area contributed by atoms with E-state index in [1.807, 2.05) is 6.07 Å². The number of halogens is 1. The highest BCUT2D eigenvalue weighted by Crippen LogP contribution is 2.14. The number of nitrogens with one attached hydrogen (secondary N) is 1. The van der Waals surface area contributed by atoms with Crippen LogP contribution in [-0.4, -0.2) is 15.0 Å². The first-order chi connectivity index (χ1) is 8.51. The molecular weight excluding hydrogens is 257 g/mol. The number of benzene rings is 1. The lowest BCUT2D eigenvalue weighted by Gasteiger charge is -2.06. The molecule has 18 heavy (non-hydrogen) atoms. The molecule has 0 bridgehead atoms. The van der Waals surface area contributed by atoms with Crippen molar-refractivity contribution in [2.45, 2.75) is 17.7 Å². The second-order valence-corrected chi connectivity index (χ2v) is 5.18. The molecule has 0 spiro atoms. The third-order valence-corrected chi connectivity index (χ3v) is 3.58. The fourth-order valence-electron chi connectivity index (χ4n) is 1.21. The van der Waals surface area contributed by atoms with E-state index in [1.54, 1.807) is 6.07 Å². The van der Waals surface area contributed by atoms with Crippen molar-refractivity contribution >= 4 is 10.0 Å². The van der Waals surface area contributed by atoms with Crippen LogP contribution in [-0.2, 0) is 10.0 Å². The largest absolute Gasteiger partial charge is 0.240 e. The Bertz CT molecular complexity index is 614. The molecule has 1 aromatic rings. The number of nitriles is 2. The van der Waals surface area contributed by atoms with Gasteiger partial charge in [0, 0.05) is 13.0 Å². The first kappa shape index (κ1) is 14.1. The highest BCUT2D eigenvalue weighted by atomic mass is 32.2. The van der Waals surface area contributed by atoms with Crippen molar-refractivity contribution in [2.75, 3.05) is 6.54 Å². The Kier molecular flexibility index (Phi) is 4.78. The molecule has 94 valence electrons. The quantitative estimate of drug-likeness (QED) is 0.813. The first-order valence-electron chi connectivity index (χ1n) is 5.07. The van der Waals surface area contributed by atoms with Gasteiger partial charge in [0.1, 0.15) is 11.9 Å². The van der Waals surface area contributed by atoms with Gasteiger partial charge >= 0.3 is 0 Å². The van der Waals surface area contributed by atoms with Crippen LogP contribution in [0, 0.1) is 28.5 Å². The molecule has 0 aliphatic heterocycles. The summed E-state index contributed by atoms with van der Waals surface area (Å²) in [6, 6.07) is 6.46. The van der Waals surface area contributed by atoms with Gasteiger partial charge in [0.15, 0.2) is 0 Å². The van der Waals surface area contributed by atoms with Gasteiger partial charge in [-0.05, 0) is 24.6 Å². The summed E-state index contributed by atoms with van der Waals surface area (Å²) in [6.45, 7) is 0.120. The molecule has 0 radical (unpaired) electrons. The van der Waals surface area contributed by atoms with E-state index in [9.17, 15) is 12.8 Å². The van der Waals surface area contributed by atoms with Gasteiger partial charge in [-0.15, -0.1) is 0 Å². The Morgan fingerprint density at radius 3 is 2.67 bits per heavy atom. The lowest BCUT2D eigenvalue weighted by atomic mass is 10.2. The monoisotopic (exact) mass is 267 g/mol. The molecule has 0 atom stereocenters. The van der Waals surface area contributed by atoms with E-state index in [0.717, 1.165) is 18.2 Å². The van der Waals surface area contributed by atoms with Crippen molar-refractivity contribution in [1.82, 2.24) is 4.72 Å². The summed E-state index contributed by atoms with van der Waals surface area (Å²) in [5, 5.41) is 16.9. The zero-order valence-corrected chi connectivity index (χ0v) is 10.2. The van der Waals surface area contributed by atoms with E-state index >= 15 is 0 Å². The molecule has 0 aliphatic rings. The molecule has 0 heterocycles. The summed E-state index contributed by atoms with van der Waals surface area (Å²) in [5.74, 6) is -0.763. The van der Waals surface area contributed by atoms with Gasteiger partial charge in [-0.2, -0.15) is 10.5 Å². The van der Waals surface area contributed by atoms with E-state index in [2.05, 4.69) is 4.72 Å². The van der Waals surface area contributed by atoms with Crippen molar-refractivity contribution in [3.05, 3.63) is 29.6 Å². The standard InChI is InChI=1S/C11H10FN3O2S/c12-11-4-3-10(7-9(11)8-14)18(16,17)15-6-2-1-5-13/h3-4,7,15H,1-2,6H2. The third-order valence-electron chi connectivity index (χ3n) is 2.13. The van der Waals surface area contributed by atoms with Crippen molar-refractivity contribution in [1.29, 1.82) is 10.5 Å². The molecule has 0 aromatic heterocycles. The Labute approximate surface area is 105 Å². The number of sulfonamides is 1. The molecule has 0 fully saturated rings. The van der Waals surface area contributed by atoms with Crippen LogP contribution in [0.15, 0.2) is 23.1 Å². The molecule has 0 saturated carbocycles. The normalized spacial score (nSPS) is 10.6.